The van der Waals surface area contributed by atoms with Crippen LogP contribution >= 0.6 is 0 Å². The van der Waals surface area contributed by atoms with E-state index in [2.05, 4.69) is 21.7 Å². The van der Waals surface area contributed by atoms with Crippen molar-refractivity contribution in [2.75, 3.05) is 25.0 Å². The van der Waals surface area contributed by atoms with E-state index in [1.54, 1.807) is 0 Å². The molecule has 1 saturated heterocycles. The Morgan fingerprint density at radius 3 is 3.06 bits per heavy atom. The van der Waals surface area contributed by atoms with Crippen molar-refractivity contribution < 1.29 is 0 Å². The number of nitrogens with one attached hydrogen (secondary N) is 2. The molecule has 1 fully saturated rings. The maximum atomic E-state index is 9.16. The highest BCUT2D eigenvalue weighted by Gasteiger charge is 2.14. The molecule has 96 valence electrons. The highest BCUT2D eigenvalue weighted by Crippen LogP contribution is 2.19. The molecule has 1 atom stereocenters. The lowest BCUT2D eigenvalue weighted by Gasteiger charge is -2.13. The summed E-state index contributed by atoms with van der Waals surface area (Å²) in [5.74, 6) is 0.770. The van der Waals surface area contributed by atoms with Crippen LogP contribution in [-0.4, -0.2) is 24.6 Å². The first-order valence-corrected chi connectivity index (χ1v) is 6.53. The molecule has 0 spiro atoms. The Kier molecular flexibility index (Phi) is 4.16. The second-order valence-corrected chi connectivity index (χ2v) is 4.96. The summed E-state index contributed by atoms with van der Waals surface area (Å²) >= 11 is 0. The molecule has 0 amide bonds. The van der Waals surface area contributed by atoms with Gasteiger partial charge in [-0.05, 0) is 51.8 Å². The van der Waals surface area contributed by atoms with Gasteiger partial charge >= 0.3 is 0 Å². The highest BCUT2D eigenvalue weighted by atomic mass is 14.9. The molecule has 0 bridgehead atoms. The van der Waals surface area contributed by atoms with Gasteiger partial charge in [-0.3, -0.25) is 4.98 Å². The third-order valence-electron chi connectivity index (χ3n) is 3.47. The van der Waals surface area contributed by atoms with Crippen LogP contribution < -0.4 is 10.6 Å². The lowest BCUT2D eigenvalue weighted by molar-refractivity contribution is 0.549. The van der Waals surface area contributed by atoms with Crippen molar-refractivity contribution in [1.29, 1.82) is 5.26 Å². The number of pyridine rings is 1. The van der Waals surface area contributed by atoms with Crippen molar-refractivity contribution in [3.8, 4) is 6.07 Å². The smallest absolute Gasteiger partial charge is 0.103 e. The maximum Gasteiger partial charge on any atom is 0.103 e. The van der Waals surface area contributed by atoms with E-state index in [1.165, 1.54) is 6.42 Å². The molecule has 0 aromatic carbocycles. The molecule has 1 aliphatic heterocycles. The molecule has 1 aliphatic rings. The van der Waals surface area contributed by atoms with E-state index in [0.29, 0.717) is 5.56 Å². The molecular weight excluding hydrogens is 224 g/mol. The molecule has 2 N–H and O–H groups in total. The molecule has 0 radical (unpaired) electrons. The minimum Gasteiger partial charge on any atom is -0.384 e. The van der Waals surface area contributed by atoms with Crippen LogP contribution in [0.2, 0.25) is 0 Å². The summed E-state index contributed by atoms with van der Waals surface area (Å²) in [7, 11) is 0. The van der Waals surface area contributed by atoms with Gasteiger partial charge in [0.05, 0.1) is 16.9 Å². The Morgan fingerprint density at radius 2 is 2.39 bits per heavy atom. The van der Waals surface area contributed by atoms with Gasteiger partial charge in [0.1, 0.15) is 6.07 Å². The van der Waals surface area contributed by atoms with Gasteiger partial charge in [-0.15, -0.1) is 0 Å². The van der Waals surface area contributed by atoms with Gasteiger partial charge in [-0.25, -0.2) is 0 Å². The SMILES string of the molecule is Cc1cc(NCCC2CCNC2)c(C#N)c(C)n1. The van der Waals surface area contributed by atoms with Crippen LogP contribution in [0.25, 0.3) is 0 Å². The molecular formula is C14H20N4. The largest absolute Gasteiger partial charge is 0.384 e. The van der Waals surface area contributed by atoms with E-state index in [0.717, 1.165) is 49.0 Å². The van der Waals surface area contributed by atoms with Crippen LogP contribution in [0, 0.1) is 31.1 Å². The molecule has 1 aromatic rings. The average molecular weight is 244 g/mol. The normalized spacial score (nSPS) is 18.6. The Balaban J connectivity index is 1.97. The minimum atomic E-state index is 0.671. The fraction of sp³-hybridized carbons (Fsp3) is 0.571. The zero-order chi connectivity index (χ0) is 13.0. The molecule has 2 heterocycles. The van der Waals surface area contributed by atoms with E-state index < -0.39 is 0 Å². The van der Waals surface area contributed by atoms with Gasteiger partial charge in [0, 0.05) is 12.2 Å². The molecule has 1 unspecified atom stereocenters. The number of hydrogen-bond acceptors (Lipinski definition) is 4. The lowest BCUT2D eigenvalue weighted by Crippen LogP contribution is -2.13. The second-order valence-electron chi connectivity index (χ2n) is 4.96. The molecule has 4 heteroatoms. The fourth-order valence-electron chi connectivity index (χ4n) is 2.48. The second kappa shape index (κ2) is 5.83. The van der Waals surface area contributed by atoms with Gasteiger partial charge in [-0.2, -0.15) is 5.26 Å². The number of nitriles is 1. The molecule has 0 aliphatic carbocycles. The van der Waals surface area contributed by atoms with Gasteiger partial charge in [0.15, 0.2) is 0 Å². The van der Waals surface area contributed by atoms with Crippen LogP contribution in [0.3, 0.4) is 0 Å². The number of rotatable bonds is 4. The maximum absolute atomic E-state index is 9.16. The van der Waals surface area contributed by atoms with E-state index in [1.807, 2.05) is 19.9 Å². The highest BCUT2D eigenvalue weighted by molar-refractivity contribution is 5.59. The zero-order valence-corrected chi connectivity index (χ0v) is 11.1. The van der Waals surface area contributed by atoms with Crippen LogP contribution in [0.4, 0.5) is 5.69 Å². The summed E-state index contributed by atoms with van der Waals surface area (Å²) in [6, 6.07) is 4.19. The van der Waals surface area contributed by atoms with Gasteiger partial charge in [-0.1, -0.05) is 0 Å². The summed E-state index contributed by atoms with van der Waals surface area (Å²) in [5, 5.41) is 15.9. The van der Waals surface area contributed by atoms with Crippen molar-refractivity contribution in [3.05, 3.63) is 23.0 Å². The topological polar surface area (TPSA) is 60.7 Å². The minimum absolute atomic E-state index is 0.671. The third kappa shape index (κ3) is 2.99. The Hall–Kier alpha value is -1.60. The molecule has 18 heavy (non-hydrogen) atoms. The van der Waals surface area contributed by atoms with Crippen molar-refractivity contribution in [2.45, 2.75) is 26.7 Å². The third-order valence-corrected chi connectivity index (χ3v) is 3.47. The summed E-state index contributed by atoms with van der Waals surface area (Å²) < 4.78 is 0. The quantitative estimate of drug-likeness (QED) is 0.850. The Labute approximate surface area is 108 Å². The lowest BCUT2D eigenvalue weighted by atomic mass is 10.0. The van der Waals surface area contributed by atoms with Gasteiger partial charge < -0.3 is 10.6 Å². The monoisotopic (exact) mass is 244 g/mol. The number of anilines is 1. The number of aryl methyl sites for hydroxylation is 2. The Morgan fingerprint density at radius 1 is 1.56 bits per heavy atom. The van der Waals surface area contributed by atoms with Gasteiger partial charge in [0.25, 0.3) is 0 Å². The zero-order valence-electron chi connectivity index (χ0n) is 11.1. The molecule has 0 saturated carbocycles. The predicted octanol–water partition coefficient (Wildman–Crippen LogP) is 1.98. The van der Waals surface area contributed by atoms with E-state index in [-0.39, 0.29) is 0 Å². The van der Waals surface area contributed by atoms with Crippen LogP contribution in [0.5, 0.6) is 0 Å². The van der Waals surface area contributed by atoms with Gasteiger partial charge in [0.2, 0.25) is 0 Å². The summed E-state index contributed by atoms with van der Waals surface area (Å²) in [6.07, 6.45) is 2.42. The van der Waals surface area contributed by atoms with Crippen LogP contribution in [0.1, 0.15) is 29.8 Å². The van der Waals surface area contributed by atoms with Crippen molar-refractivity contribution in [2.24, 2.45) is 5.92 Å². The number of hydrogen-bond donors (Lipinski definition) is 2. The molecule has 4 nitrogen and oxygen atoms in total. The van der Waals surface area contributed by atoms with E-state index in [9.17, 15) is 0 Å². The standard InChI is InChI=1S/C14H20N4/c1-10-7-14(13(8-15)11(2)18-10)17-6-4-12-3-5-16-9-12/h7,12,16H,3-6,9H2,1-2H3,(H,17,18). The molecule has 1 aromatic heterocycles. The first-order chi connectivity index (χ1) is 8.70. The molecule has 2 rings (SSSR count). The Bertz CT molecular complexity index is 456. The average Bonchev–Trinajstić information content (AvgIpc) is 2.81. The van der Waals surface area contributed by atoms with Crippen LogP contribution in [-0.2, 0) is 0 Å². The van der Waals surface area contributed by atoms with Crippen molar-refractivity contribution in [3.63, 3.8) is 0 Å². The van der Waals surface area contributed by atoms with Crippen molar-refractivity contribution >= 4 is 5.69 Å². The number of aromatic nitrogens is 1. The first kappa shape index (κ1) is 12.8. The number of nitrogens with zero attached hydrogens (tertiary/aromatic N) is 2. The summed E-state index contributed by atoms with van der Waals surface area (Å²) in [4.78, 5) is 4.32. The van der Waals surface area contributed by atoms with Crippen LogP contribution in [0.15, 0.2) is 6.07 Å². The fourth-order valence-corrected chi connectivity index (χ4v) is 2.48. The van der Waals surface area contributed by atoms with E-state index >= 15 is 0 Å². The van der Waals surface area contributed by atoms with Crippen molar-refractivity contribution in [1.82, 2.24) is 10.3 Å². The summed E-state index contributed by atoms with van der Waals surface area (Å²) in [5.41, 5.74) is 3.36. The first-order valence-electron chi connectivity index (χ1n) is 6.53. The predicted molar refractivity (Wildman–Crippen MR) is 72.5 cm³/mol. The van der Waals surface area contributed by atoms with E-state index in [4.69, 9.17) is 5.26 Å². The summed E-state index contributed by atoms with van der Waals surface area (Å²) in [6.45, 7) is 7.03.